The van der Waals surface area contributed by atoms with Crippen LogP contribution in [0.1, 0.15) is 30.7 Å². The summed E-state index contributed by atoms with van der Waals surface area (Å²) in [5.41, 5.74) is -0.0888. The van der Waals surface area contributed by atoms with Crippen molar-refractivity contribution in [3.8, 4) is 0 Å². The van der Waals surface area contributed by atoms with Crippen LogP contribution in [0.3, 0.4) is 0 Å². The van der Waals surface area contributed by atoms with Crippen LogP contribution in [-0.2, 0) is 11.3 Å². The molecule has 0 saturated carbocycles. The predicted octanol–water partition coefficient (Wildman–Crippen LogP) is 2.36. The normalized spacial score (nSPS) is 12.0. The van der Waals surface area contributed by atoms with Gasteiger partial charge in [0, 0.05) is 30.8 Å². The smallest absolute Gasteiger partial charge is 0.0897 e. The minimum atomic E-state index is -0.0888. The molecule has 3 nitrogen and oxygen atoms in total. The van der Waals surface area contributed by atoms with Crippen LogP contribution in [0.4, 0.5) is 0 Å². The first kappa shape index (κ1) is 12.6. The van der Waals surface area contributed by atoms with Crippen molar-refractivity contribution in [2.45, 2.75) is 39.8 Å². The molecule has 0 radical (unpaired) electrons. The lowest BCUT2D eigenvalue weighted by molar-refractivity contribution is -0.00893. The van der Waals surface area contributed by atoms with Crippen molar-refractivity contribution >= 4 is 11.3 Å². The molecule has 1 heterocycles. The fourth-order valence-electron chi connectivity index (χ4n) is 1.42. The second-order valence-corrected chi connectivity index (χ2v) is 5.46. The van der Waals surface area contributed by atoms with Crippen molar-refractivity contribution in [1.29, 1.82) is 0 Å². The van der Waals surface area contributed by atoms with Crippen molar-refractivity contribution in [3.05, 3.63) is 16.1 Å². The van der Waals surface area contributed by atoms with Crippen molar-refractivity contribution in [3.63, 3.8) is 0 Å². The van der Waals surface area contributed by atoms with Crippen LogP contribution in [0.25, 0.3) is 0 Å². The standard InChI is InChI=1S/C11H20N2OS/c1-5-14-11(3,4)8-12-6-10-7-13-9(2)15-10/h7,12H,5-6,8H2,1-4H3. The number of aromatic nitrogens is 1. The first-order chi connectivity index (χ1) is 7.03. The molecule has 0 bridgehead atoms. The van der Waals surface area contributed by atoms with E-state index in [0.717, 1.165) is 24.7 Å². The molecule has 1 aromatic rings. The molecule has 0 aliphatic heterocycles. The molecule has 1 aromatic heterocycles. The Kier molecular flexibility index (Phi) is 4.70. The predicted molar refractivity (Wildman–Crippen MR) is 64.3 cm³/mol. The summed E-state index contributed by atoms with van der Waals surface area (Å²) in [7, 11) is 0. The van der Waals surface area contributed by atoms with Crippen molar-refractivity contribution in [2.75, 3.05) is 13.2 Å². The molecule has 15 heavy (non-hydrogen) atoms. The zero-order valence-electron chi connectivity index (χ0n) is 9.96. The molecule has 1 rings (SSSR count). The Morgan fingerprint density at radius 3 is 2.80 bits per heavy atom. The maximum atomic E-state index is 5.60. The van der Waals surface area contributed by atoms with E-state index in [0.29, 0.717) is 0 Å². The third-order valence-electron chi connectivity index (χ3n) is 2.05. The summed E-state index contributed by atoms with van der Waals surface area (Å²) < 4.78 is 5.60. The van der Waals surface area contributed by atoms with Crippen molar-refractivity contribution < 1.29 is 4.74 Å². The van der Waals surface area contributed by atoms with Gasteiger partial charge in [0.1, 0.15) is 0 Å². The second-order valence-electron chi connectivity index (χ2n) is 4.14. The molecule has 0 amide bonds. The molecule has 0 aliphatic rings. The summed E-state index contributed by atoms with van der Waals surface area (Å²) >= 11 is 1.74. The van der Waals surface area contributed by atoms with E-state index in [4.69, 9.17) is 4.74 Å². The molecular formula is C11H20N2OS. The molecule has 0 spiro atoms. The lowest BCUT2D eigenvalue weighted by Crippen LogP contribution is -2.37. The van der Waals surface area contributed by atoms with Crippen LogP contribution < -0.4 is 5.32 Å². The second kappa shape index (κ2) is 5.58. The Labute approximate surface area is 95.9 Å². The van der Waals surface area contributed by atoms with Gasteiger partial charge in [0.25, 0.3) is 0 Å². The molecular weight excluding hydrogens is 208 g/mol. The van der Waals surface area contributed by atoms with E-state index in [1.54, 1.807) is 11.3 Å². The van der Waals surface area contributed by atoms with Crippen LogP contribution in [0, 0.1) is 6.92 Å². The average Bonchev–Trinajstić information content (AvgIpc) is 2.51. The number of nitrogens with one attached hydrogen (secondary N) is 1. The molecule has 86 valence electrons. The largest absolute Gasteiger partial charge is 0.375 e. The van der Waals surface area contributed by atoms with E-state index in [1.165, 1.54) is 4.88 Å². The quantitative estimate of drug-likeness (QED) is 0.811. The topological polar surface area (TPSA) is 34.1 Å². The molecule has 0 unspecified atom stereocenters. The number of hydrogen-bond acceptors (Lipinski definition) is 4. The lowest BCUT2D eigenvalue weighted by atomic mass is 10.1. The van der Waals surface area contributed by atoms with Crippen molar-refractivity contribution in [1.82, 2.24) is 10.3 Å². The number of thiazole rings is 1. The number of aryl methyl sites for hydroxylation is 1. The number of rotatable bonds is 6. The fraction of sp³-hybridized carbons (Fsp3) is 0.727. The summed E-state index contributed by atoms with van der Waals surface area (Å²) in [5, 5.41) is 4.51. The summed E-state index contributed by atoms with van der Waals surface area (Å²) in [6, 6.07) is 0. The van der Waals surface area contributed by atoms with Gasteiger partial charge in [-0.15, -0.1) is 11.3 Å². The summed E-state index contributed by atoms with van der Waals surface area (Å²) in [6.45, 7) is 10.7. The first-order valence-electron chi connectivity index (χ1n) is 5.29. The highest BCUT2D eigenvalue weighted by atomic mass is 32.1. The summed E-state index contributed by atoms with van der Waals surface area (Å²) in [4.78, 5) is 5.49. The van der Waals surface area contributed by atoms with E-state index in [2.05, 4.69) is 24.1 Å². The van der Waals surface area contributed by atoms with E-state index < -0.39 is 0 Å². The van der Waals surface area contributed by atoms with Gasteiger partial charge >= 0.3 is 0 Å². The van der Waals surface area contributed by atoms with E-state index in [9.17, 15) is 0 Å². The van der Waals surface area contributed by atoms with Gasteiger partial charge in [0.15, 0.2) is 0 Å². The Hall–Kier alpha value is -0.450. The number of nitrogens with zero attached hydrogens (tertiary/aromatic N) is 1. The maximum absolute atomic E-state index is 5.60. The van der Waals surface area contributed by atoms with Gasteiger partial charge in [0.2, 0.25) is 0 Å². The highest BCUT2D eigenvalue weighted by molar-refractivity contribution is 7.11. The Morgan fingerprint density at radius 2 is 2.27 bits per heavy atom. The van der Waals surface area contributed by atoms with Crippen molar-refractivity contribution in [2.24, 2.45) is 0 Å². The SMILES string of the molecule is CCOC(C)(C)CNCc1cnc(C)s1. The molecule has 0 saturated heterocycles. The van der Waals surface area contributed by atoms with Gasteiger partial charge in [-0.25, -0.2) is 4.98 Å². The highest BCUT2D eigenvalue weighted by Crippen LogP contribution is 2.12. The molecule has 0 aromatic carbocycles. The zero-order valence-corrected chi connectivity index (χ0v) is 10.8. The Balaban J connectivity index is 2.27. The molecule has 0 aliphatic carbocycles. The van der Waals surface area contributed by atoms with E-state index >= 15 is 0 Å². The highest BCUT2D eigenvalue weighted by Gasteiger charge is 2.16. The molecule has 0 fully saturated rings. The van der Waals surface area contributed by atoms with Gasteiger partial charge < -0.3 is 10.1 Å². The molecule has 0 atom stereocenters. The van der Waals surface area contributed by atoms with Gasteiger partial charge in [0.05, 0.1) is 10.6 Å². The van der Waals surface area contributed by atoms with Crippen LogP contribution >= 0.6 is 11.3 Å². The van der Waals surface area contributed by atoms with E-state index in [1.807, 2.05) is 20.0 Å². The molecule has 4 heteroatoms. The summed E-state index contributed by atoms with van der Waals surface area (Å²) in [6.07, 6.45) is 1.93. The van der Waals surface area contributed by atoms with Crippen LogP contribution in [0.2, 0.25) is 0 Å². The third-order valence-corrected chi connectivity index (χ3v) is 2.97. The lowest BCUT2D eigenvalue weighted by Gasteiger charge is -2.24. The van der Waals surface area contributed by atoms with Gasteiger partial charge in [-0.1, -0.05) is 0 Å². The van der Waals surface area contributed by atoms with Crippen LogP contribution in [0.15, 0.2) is 6.20 Å². The Morgan fingerprint density at radius 1 is 1.53 bits per heavy atom. The first-order valence-corrected chi connectivity index (χ1v) is 6.11. The van der Waals surface area contributed by atoms with Crippen LogP contribution in [-0.4, -0.2) is 23.7 Å². The zero-order chi connectivity index (χ0) is 11.3. The minimum Gasteiger partial charge on any atom is -0.375 e. The van der Waals surface area contributed by atoms with Gasteiger partial charge in [-0.2, -0.15) is 0 Å². The summed E-state index contributed by atoms with van der Waals surface area (Å²) in [5.74, 6) is 0. The van der Waals surface area contributed by atoms with Crippen LogP contribution in [0.5, 0.6) is 0 Å². The molecule has 1 N–H and O–H groups in total. The monoisotopic (exact) mass is 228 g/mol. The van der Waals surface area contributed by atoms with Gasteiger partial charge in [-0.3, -0.25) is 0 Å². The third kappa shape index (κ3) is 4.73. The van der Waals surface area contributed by atoms with Gasteiger partial charge in [-0.05, 0) is 27.7 Å². The Bertz CT molecular complexity index is 297. The van der Waals surface area contributed by atoms with E-state index in [-0.39, 0.29) is 5.60 Å². The minimum absolute atomic E-state index is 0.0888. The average molecular weight is 228 g/mol. The number of hydrogen-bond donors (Lipinski definition) is 1. The maximum Gasteiger partial charge on any atom is 0.0897 e. The fourth-order valence-corrected chi connectivity index (χ4v) is 2.18. The number of ether oxygens (including phenoxy) is 1.